The highest BCUT2D eigenvalue weighted by Crippen LogP contribution is 2.57. The summed E-state index contributed by atoms with van der Waals surface area (Å²) in [7, 11) is 0. The van der Waals surface area contributed by atoms with Crippen LogP contribution in [0.5, 0.6) is 0 Å². The molecule has 116 valence electrons. The molecule has 1 aliphatic heterocycles. The summed E-state index contributed by atoms with van der Waals surface area (Å²) in [6.07, 6.45) is 3.24. The lowest BCUT2D eigenvalue weighted by Gasteiger charge is -2.39. The summed E-state index contributed by atoms with van der Waals surface area (Å²) >= 11 is 4.72. The van der Waals surface area contributed by atoms with Crippen molar-refractivity contribution < 1.29 is 14.6 Å². The van der Waals surface area contributed by atoms with Crippen molar-refractivity contribution in [3.63, 3.8) is 0 Å². The number of aromatic nitrogens is 1. The molecule has 0 unspecified atom stereocenters. The van der Waals surface area contributed by atoms with Gasteiger partial charge in [-0.15, -0.1) is 11.3 Å². The van der Waals surface area contributed by atoms with Crippen molar-refractivity contribution in [1.29, 1.82) is 0 Å². The number of thiazole rings is 1. The molecule has 1 aromatic rings. The van der Waals surface area contributed by atoms with E-state index in [0.717, 1.165) is 22.3 Å². The second kappa shape index (κ2) is 5.61. The van der Waals surface area contributed by atoms with E-state index < -0.39 is 5.60 Å². The molecule has 2 heterocycles. The average molecular weight is 375 g/mol. The van der Waals surface area contributed by atoms with Gasteiger partial charge in [-0.25, -0.2) is 4.98 Å². The van der Waals surface area contributed by atoms with Gasteiger partial charge in [0.1, 0.15) is 0 Å². The molecule has 3 rings (SSSR count). The number of nitrogens with zero attached hydrogens (tertiary/aromatic N) is 1. The molecule has 2 fully saturated rings. The molecule has 0 spiro atoms. The van der Waals surface area contributed by atoms with Crippen LogP contribution in [-0.4, -0.2) is 41.4 Å². The van der Waals surface area contributed by atoms with Gasteiger partial charge in [-0.1, -0.05) is 0 Å². The lowest BCUT2D eigenvalue weighted by Crippen LogP contribution is -2.49. The molecule has 21 heavy (non-hydrogen) atoms. The molecule has 2 aliphatic rings. The Morgan fingerprint density at radius 1 is 1.43 bits per heavy atom. The number of nitrogens with one attached hydrogen (secondary N) is 1. The number of amides is 1. The average Bonchev–Trinajstić information content (AvgIpc) is 3.19. The van der Waals surface area contributed by atoms with Crippen LogP contribution in [0.15, 0.2) is 3.79 Å². The molecule has 1 aromatic heterocycles. The number of aryl methyl sites for hydroxylation is 1. The SMILES string of the molecule is Cc1nc(C(=O)NCC2(C3(O)CCOCC3)CC2)sc1Br. The largest absolute Gasteiger partial charge is 0.389 e. The lowest BCUT2D eigenvalue weighted by atomic mass is 9.78. The first-order valence-electron chi connectivity index (χ1n) is 7.17. The maximum atomic E-state index is 12.2. The predicted octanol–water partition coefficient (Wildman–Crippen LogP) is 2.27. The fourth-order valence-corrected chi connectivity index (χ4v) is 4.26. The van der Waals surface area contributed by atoms with Crippen molar-refractivity contribution in [2.75, 3.05) is 19.8 Å². The Bertz CT molecular complexity index is 531. The minimum absolute atomic E-state index is 0.157. The Kier molecular flexibility index (Phi) is 4.11. The van der Waals surface area contributed by atoms with Gasteiger partial charge < -0.3 is 15.2 Å². The Morgan fingerprint density at radius 3 is 2.62 bits per heavy atom. The van der Waals surface area contributed by atoms with E-state index in [4.69, 9.17) is 4.74 Å². The van der Waals surface area contributed by atoms with Crippen LogP contribution in [-0.2, 0) is 4.74 Å². The molecule has 0 aromatic carbocycles. The fourth-order valence-electron chi connectivity index (χ4n) is 3.00. The number of rotatable bonds is 4. The molecular formula is C14H19BrN2O3S. The minimum atomic E-state index is -0.697. The molecule has 0 radical (unpaired) electrons. The second-order valence-electron chi connectivity index (χ2n) is 5.99. The van der Waals surface area contributed by atoms with E-state index >= 15 is 0 Å². The van der Waals surface area contributed by atoms with Gasteiger partial charge in [0, 0.05) is 38.0 Å². The van der Waals surface area contributed by atoms with E-state index in [2.05, 4.69) is 26.2 Å². The van der Waals surface area contributed by atoms with Gasteiger partial charge >= 0.3 is 0 Å². The lowest BCUT2D eigenvalue weighted by molar-refractivity contribution is -0.108. The third-order valence-electron chi connectivity index (χ3n) is 4.68. The highest BCUT2D eigenvalue weighted by atomic mass is 79.9. The molecular weight excluding hydrogens is 356 g/mol. The van der Waals surface area contributed by atoms with Crippen LogP contribution >= 0.6 is 27.3 Å². The van der Waals surface area contributed by atoms with Gasteiger partial charge in [0.15, 0.2) is 5.01 Å². The summed E-state index contributed by atoms with van der Waals surface area (Å²) in [5.41, 5.74) is -0.0391. The normalized spacial score (nSPS) is 22.8. The van der Waals surface area contributed by atoms with Crippen LogP contribution in [0.25, 0.3) is 0 Å². The highest BCUT2D eigenvalue weighted by molar-refractivity contribution is 9.11. The molecule has 5 nitrogen and oxygen atoms in total. The third-order valence-corrected chi connectivity index (χ3v) is 6.69. The number of ether oxygens (including phenoxy) is 1. The Balaban J connectivity index is 1.63. The number of hydrogen-bond acceptors (Lipinski definition) is 5. The van der Waals surface area contributed by atoms with Crippen molar-refractivity contribution in [3.8, 4) is 0 Å². The smallest absolute Gasteiger partial charge is 0.280 e. The topological polar surface area (TPSA) is 71.5 Å². The molecule has 1 saturated heterocycles. The zero-order valence-electron chi connectivity index (χ0n) is 11.9. The maximum absolute atomic E-state index is 12.2. The van der Waals surface area contributed by atoms with Crippen LogP contribution in [0.4, 0.5) is 0 Å². The van der Waals surface area contributed by atoms with Gasteiger partial charge in [0.25, 0.3) is 5.91 Å². The Labute approximate surface area is 136 Å². The van der Waals surface area contributed by atoms with Crippen LogP contribution < -0.4 is 5.32 Å². The molecule has 0 bridgehead atoms. The molecule has 2 N–H and O–H groups in total. The van der Waals surface area contributed by atoms with Crippen molar-refractivity contribution in [3.05, 3.63) is 14.5 Å². The van der Waals surface area contributed by atoms with Gasteiger partial charge in [-0.3, -0.25) is 4.79 Å². The minimum Gasteiger partial charge on any atom is -0.389 e. The van der Waals surface area contributed by atoms with E-state index in [1.807, 2.05) is 6.92 Å². The molecule has 0 atom stereocenters. The number of halogens is 1. The summed E-state index contributed by atoms with van der Waals surface area (Å²) < 4.78 is 6.22. The second-order valence-corrected chi connectivity index (χ2v) is 8.30. The van der Waals surface area contributed by atoms with E-state index in [1.54, 1.807) is 0 Å². The molecule has 7 heteroatoms. The zero-order valence-corrected chi connectivity index (χ0v) is 14.3. The van der Waals surface area contributed by atoms with E-state index in [1.165, 1.54) is 11.3 Å². The fraction of sp³-hybridized carbons (Fsp3) is 0.714. The first-order chi connectivity index (χ1) is 9.96. The van der Waals surface area contributed by atoms with Crippen molar-refractivity contribution in [2.24, 2.45) is 5.41 Å². The van der Waals surface area contributed by atoms with Gasteiger partial charge in [-0.05, 0) is 35.7 Å². The van der Waals surface area contributed by atoms with Crippen LogP contribution in [0.2, 0.25) is 0 Å². The van der Waals surface area contributed by atoms with Gasteiger partial charge in [0.2, 0.25) is 0 Å². The third kappa shape index (κ3) is 2.88. The van der Waals surface area contributed by atoms with Crippen molar-refractivity contribution in [1.82, 2.24) is 10.3 Å². The van der Waals surface area contributed by atoms with E-state index in [0.29, 0.717) is 37.6 Å². The van der Waals surface area contributed by atoms with Crippen LogP contribution in [0.1, 0.15) is 41.2 Å². The Morgan fingerprint density at radius 2 is 2.10 bits per heavy atom. The van der Waals surface area contributed by atoms with E-state index in [-0.39, 0.29) is 11.3 Å². The zero-order chi connectivity index (χ0) is 15.1. The van der Waals surface area contributed by atoms with E-state index in [9.17, 15) is 9.90 Å². The number of carbonyl (C=O) groups excluding carboxylic acids is 1. The summed E-state index contributed by atoms with van der Waals surface area (Å²) in [5, 5.41) is 14.3. The summed E-state index contributed by atoms with van der Waals surface area (Å²) in [6, 6.07) is 0. The van der Waals surface area contributed by atoms with Crippen molar-refractivity contribution >= 4 is 33.2 Å². The molecule has 1 amide bonds. The summed E-state index contributed by atoms with van der Waals surface area (Å²) in [4.78, 5) is 16.4. The number of carbonyl (C=O) groups is 1. The quantitative estimate of drug-likeness (QED) is 0.847. The number of hydrogen-bond donors (Lipinski definition) is 2. The van der Waals surface area contributed by atoms with Crippen LogP contribution in [0.3, 0.4) is 0 Å². The monoisotopic (exact) mass is 374 g/mol. The molecule has 1 saturated carbocycles. The first kappa shape index (κ1) is 15.4. The summed E-state index contributed by atoms with van der Waals surface area (Å²) in [5.74, 6) is -0.157. The highest BCUT2D eigenvalue weighted by Gasteiger charge is 2.58. The molecule has 1 aliphatic carbocycles. The van der Waals surface area contributed by atoms with Crippen molar-refractivity contribution in [2.45, 2.75) is 38.2 Å². The van der Waals surface area contributed by atoms with Gasteiger partial charge in [0.05, 0.1) is 15.1 Å². The maximum Gasteiger partial charge on any atom is 0.280 e. The summed E-state index contributed by atoms with van der Waals surface area (Å²) in [6.45, 7) is 3.58. The van der Waals surface area contributed by atoms with Gasteiger partial charge in [-0.2, -0.15) is 0 Å². The standard InChI is InChI=1S/C14H19BrN2O3S/c1-9-10(15)21-12(17-9)11(18)16-8-13(2-3-13)14(19)4-6-20-7-5-14/h19H,2-8H2,1H3,(H,16,18). The first-order valence-corrected chi connectivity index (χ1v) is 8.78. The van der Waals surface area contributed by atoms with Crippen LogP contribution in [0, 0.1) is 12.3 Å². The Hall–Kier alpha value is -0.500. The predicted molar refractivity (Wildman–Crippen MR) is 83.6 cm³/mol. The number of aliphatic hydroxyl groups is 1.